The Balaban J connectivity index is 2.31. The van der Waals surface area contributed by atoms with Crippen LogP contribution in [0.3, 0.4) is 0 Å². The Bertz CT molecular complexity index is 139. The Labute approximate surface area is 39.0 Å². The van der Waals surface area contributed by atoms with E-state index in [1.807, 2.05) is 0 Å². The van der Waals surface area contributed by atoms with E-state index in [0.29, 0.717) is 0 Å². The zero-order chi connectivity index (χ0) is 5.12. The van der Waals surface area contributed by atoms with E-state index in [1.165, 1.54) is 0 Å². The second-order valence-electron chi connectivity index (χ2n) is 1.32. The summed E-state index contributed by atoms with van der Waals surface area (Å²) in [6.45, 7) is 0. The fourth-order valence-electron chi connectivity index (χ4n) is 0.488. The van der Waals surface area contributed by atoms with E-state index >= 15 is 0 Å². The molecule has 0 unspecified atom stereocenters. The summed E-state index contributed by atoms with van der Waals surface area (Å²) in [5, 5.41) is 0. The van der Waals surface area contributed by atoms with Crippen LogP contribution in [0.1, 0.15) is 0 Å². The summed E-state index contributed by atoms with van der Waals surface area (Å²) in [5.41, 5.74) is 4.93. The molecule has 0 aromatic heterocycles. The lowest BCUT2D eigenvalue weighted by molar-refractivity contribution is -0.425. The molecule has 3 fully saturated rings. The number of hydrogen-bond donors (Lipinski definition) is 1. The summed E-state index contributed by atoms with van der Waals surface area (Å²) >= 11 is 0. The second kappa shape index (κ2) is 0.687. The van der Waals surface area contributed by atoms with E-state index in [0.717, 1.165) is 0 Å². The molecular formula is CH2NO4P. The van der Waals surface area contributed by atoms with Gasteiger partial charge in [-0.1, -0.05) is 0 Å². The molecule has 0 atom stereocenters. The monoisotopic (exact) mass is 123 g/mol. The van der Waals surface area contributed by atoms with Gasteiger partial charge in [-0.3, -0.25) is 5.73 Å². The van der Waals surface area contributed by atoms with Crippen molar-refractivity contribution in [2.24, 2.45) is 5.73 Å². The van der Waals surface area contributed by atoms with Gasteiger partial charge in [-0.2, -0.15) is 0 Å². The van der Waals surface area contributed by atoms with Gasteiger partial charge in [-0.05, 0) is 0 Å². The topological polar surface area (TPSA) is 70.8 Å². The van der Waals surface area contributed by atoms with Gasteiger partial charge in [0, 0.05) is 0 Å². The molecule has 0 saturated carbocycles. The molecule has 3 heterocycles. The number of phosphoric ester groups is 1. The van der Waals surface area contributed by atoms with Crippen molar-refractivity contribution in [3.8, 4) is 0 Å². The van der Waals surface area contributed by atoms with Gasteiger partial charge in [0.05, 0.1) is 0 Å². The Hall–Kier alpha value is 0.0700. The summed E-state index contributed by atoms with van der Waals surface area (Å²) in [4.78, 5) is 0. The molecule has 40 valence electrons. The van der Waals surface area contributed by atoms with E-state index in [1.54, 1.807) is 0 Å². The Morgan fingerprint density at radius 2 is 1.86 bits per heavy atom. The molecule has 0 aromatic carbocycles. The molecule has 0 radical (unpaired) electrons. The third-order valence-corrected chi connectivity index (χ3v) is 2.15. The second-order valence-corrected chi connectivity index (χ2v) is 2.77. The zero-order valence-corrected chi connectivity index (χ0v) is 4.05. The van der Waals surface area contributed by atoms with E-state index < -0.39 is 13.9 Å². The first kappa shape index (κ1) is 4.00. The number of rotatable bonds is 0. The van der Waals surface area contributed by atoms with Crippen molar-refractivity contribution in [2.75, 3.05) is 0 Å². The highest BCUT2D eigenvalue weighted by molar-refractivity contribution is 7.51. The average Bonchev–Trinajstić information content (AvgIpc) is 1.27. The molecular weight excluding hydrogens is 121 g/mol. The van der Waals surface area contributed by atoms with Crippen LogP contribution in [-0.2, 0) is 18.1 Å². The van der Waals surface area contributed by atoms with Gasteiger partial charge in [-0.15, -0.1) is 0 Å². The molecule has 0 aliphatic carbocycles. The molecule has 0 aromatic rings. The highest BCUT2D eigenvalue weighted by Crippen LogP contribution is 2.77. The van der Waals surface area contributed by atoms with Gasteiger partial charge >= 0.3 is 13.9 Å². The van der Waals surface area contributed by atoms with E-state index in [-0.39, 0.29) is 0 Å². The molecule has 2 N–H and O–H groups in total. The van der Waals surface area contributed by atoms with Crippen molar-refractivity contribution in [3.05, 3.63) is 0 Å². The molecule has 3 saturated heterocycles. The molecule has 2 bridgehead atoms. The summed E-state index contributed by atoms with van der Waals surface area (Å²) in [5.74, 6) is 0. The van der Waals surface area contributed by atoms with Crippen LogP contribution in [0.2, 0.25) is 0 Å². The maximum absolute atomic E-state index is 10.2. The highest BCUT2D eigenvalue weighted by Gasteiger charge is 2.73. The average molecular weight is 123 g/mol. The summed E-state index contributed by atoms with van der Waals surface area (Å²) < 4.78 is 23.1. The van der Waals surface area contributed by atoms with Gasteiger partial charge in [0.15, 0.2) is 0 Å². The molecule has 3 aliphatic rings. The van der Waals surface area contributed by atoms with Gasteiger partial charge in [0.1, 0.15) is 0 Å². The first-order chi connectivity index (χ1) is 3.12. The van der Waals surface area contributed by atoms with Gasteiger partial charge in [0.25, 0.3) is 0 Å². The van der Waals surface area contributed by atoms with Crippen LogP contribution in [0.4, 0.5) is 0 Å². The SMILES string of the molecule is NC12OP(=O)(O1)O2. The lowest BCUT2D eigenvalue weighted by atomic mass is 11.0. The van der Waals surface area contributed by atoms with Gasteiger partial charge in [-0.25, -0.2) is 18.1 Å². The van der Waals surface area contributed by atoms with Crippen LogP contribution in [-0.4, -0.2) is 6.10 Å². The number of hydrogen-bond acceptors (Lipinski definition) is 5. The first-order valence-corrected chi connectivity index (χ1v) is 3.09. The van der Waals surface area contributed by atoms with Gasteiger partial charge in [0.2, 0.25) is 0 Å². The van der Waals surface area contributed by atoms with Crippen LogP contribution in [0, 0.1) is 0 Å². The fraction of sp³-hybridized carbons (Fsp3) is 1.00. The minimum absolute atomic E-state index is 1.43. The van der Waals surface area contributed by atoms with Crippen molar-refractivity contribution >= 4 is 7.82 Å². The molecule has 5 nitrogen and oxygen atoms in total. The molecule has 0 amide bonds. The fourth-order valence-corrected chi connectivity index (χ4v) is 1.46. The quantitative estimate of drug-likeness (QED) is 0.449. The van der Waals surface area contributed by atoms with Crippen molar-refractivity contribution in [1.82, 2.24) is 0 Å². The van der Waals surface area contributed by atoms with E-state index in [9.17, 15) is 4.57 Å². The predicted octanol–water partition coefficient (Wildman–Crippen LogP) is -0.259. The first-order valence-electron chi connectivity index (χ1n) is 1.63. The lowest BCUT2D eigenvalue weighted by Crippen LogP contribution is -2.63. The standard InChI is InChI=1S/CH2NO4P/c2-1-4-7(3,5-1)6-1/h2H2. The van der Waals surface area contributed by atoms with Crippen LogP contribution in [0.15, 0.2) is 0 Å². The third kappa shape index (κ3) is 0.308. The molecule has 3 rings (SSSR count). The van der Waals surface area contributed by atoms with Crippen molar-refractivity contribution in [3.63, 3.8) is 0 Å². The van der Waals surface area contributed by atoms with Crippen molar-refractivity contribution in [2.45, 2.75) is 6.10 Å². The lowest BCUT2D eigenvalue weighted by Gasteiger charge is -2.51. The minimum atomic E-state index is -3.01. The summed E-state index contributed by atoms with van der Waals surface area (Å²) in [7, 11) is -3.01. The molecule has 3 aliphatic heterocycles. The highest BCUT2D eigenvalue weighted by atomic mass is 31.2. The zero-order valence-electron chi connectivity index (χ0n) is 3.16. The Kier molecular flexibility index (Phi) is 0.393. The largest absolute Gasteiger partial charge is 0.491 e. The summed E-state index contributed by atoms with van der Waals surface area (Å²) in [6.07, 6.45) is -1.43. The smallest absolute Gasteiger partial charge is 0.253 e. The molecule has 7 heavy (non-hydrogen) atoms. The maximum atomic E-state index is 10.2. The van der Waals surface area contributed by atoms with Crippen LogP contribution in [0.25, 0.3) is 0 Å². The van der Waals surface area contributed by atoms with E-state index in [2.05, 4.69) is 13.6 Å². The van der Waals surface area contributed by atoms with Crippen LogP contribution >= 0.6 is 7.82 Å². The minimum Gasteiger partial charge on any atom is -0.253 e. The Morgan fingerprint density at radius 1 is 1.43 bits per heavy atom. The van der Waals surface area contributed by atoms with Crippen LogP contribution in [0.5, 0.6) is 0 Å². The van der Waals surface area contributed by atoms with Gasteiger partial charge < -0.3 is 0 Å². The van der Waals surface area contributed by atoms with E-state index in [4.69, 9.17) is 5.73 Å². The normalized spacial score (nSPS) is 65.9. The number of phosphoric acid groups is 1. The maximum Gasteiger partial charge on any atom is 0.491 e. The van der Waals surface area contributed by atoms with Crippen LogP contribution < -0.4 is 5.73 Å². The predicted molar refractivity (Wildman–Crippen MR) is 17.8 cm³/mol. The number of nitrogens with two attached hydrogens (primary N) is 1. The Morgan fingerprint density at radius 3 is 1.86 bits per heavy atom. The molecule has 0 spiro atoms. The van der Waals surface area contributed by atoms with Crippen molar-refractivity contribution < 1.29 is 18.1 Å². The summed E-state index contributed by atoms with van der Waals surface area (Å²) in [6, 6.07) is 0. The molecule has 6 heteroatoms. The van der Waals surface area contributed by atoms with Crippen molar-refractivity contribution in [1.29, 1.82) is 0 Å². The third-order valence-electron chi connectivity index (χ3n) is 0.717.